The summed E-state index contributed by atoms with van der Waals surface area (Å²) in [5.74, 6) is 0. The monoisotopic (exact) mass is 104 g/mol. The van der Waals surface area contributed by atoms with Crippen LogP contribution in [-0.2, 0) is 4.44 Å². The predicted molar refractivity (Wildman–Crippen MR) is 16.8 cm³/mol. The number of hydrogen-bond donors (Lipinski definition) is 1. The van der Waals surface area contributed by atoms with E-state index >= 15 is 0 Å². The highest BCUT2D eigenvalue weighted by Crippen LogP contribution is 1.58. The Labute approximate surface area is 34.8 Å². The zero-order chi connectivity index (χ0) is 2.71. The highest BCUT2D eigenvalue weighted by atomic mass is 35.5. The minimum atomic E-state index is 0. The summed E-state index contributed by atoms with van der Waals surface area (Å²) in [6, 6.07) is 0. The molecule has 0 heterocycles. The second-order valence-electron chi connectivity index (χ2n) is 0.0690. The van der Waals surface area contributed by atoms with Gasteiger partial charge in [-0.3, -0.25) is 0 Å². The van der Waals surface area contributed by atoms with Crippen LogP contribution in [0.2, 0.25) is 0 Å². The molecule has 0 fully saturated rings. The Morgan fingerprint density at radius 2 is 1.75 bits per heavy atom. The van der Waals surface area contributed by atoms with E-state index in [1.54, 1.807) is 0 Å². The van der Waals surface area contributed by atoms with Gasteiger partial charge >= 0.3 is 0 Å². The van der Waals surface area contributed by atoms with Crippen LogP contribution in [0, 0.1) is 0 Å². The highest BCUT2D eigenvalue weighted by molar-refractivity contribution is 6.06. The fourth-order valence-corrected chi connectivity index (χ4v) is 0. The molecule has 0 saturated heterocycles. The summed E-state index contributed by atoms with van der Waals surface area (Å²) in [5, 5.41) is 6.83. The maximum atomic E-state index is 6.83. The summed E-state index contributed by atoms with van der Waals surface area (Å²) < 4.78 is 2.72. The van der Waals surface area contributed by atoms with Gasteiger partial charge in [-0.2, -0.15) is 0 Å². The van der Waals surface area contributed by atoms with Crippen molar-refractivity contribution in [3.8, 4) is 0 Å². The second kappa shape index (κ2) is 9.72. The molecule has 1 N–H and O–H groups in total. The number of halogens is 2. The van der Waals surface area contributed by atoms with E-state index in [-0.39, 0.29) is 12.4 Å². The van der Waals surface area contributed by atoms with Gasteiger partial charge < -0.3 is 0 Å². The van der Waals surface area contributed by atoms with Crippen LogP contribution in [0.5, 0.6) is 0 Å². The van der Waals surface area contributed by atoms with Crippen molar-refractivity contribution in [1.29, 1.82) is 0 Å². The molecular formula is H2Cl2O2. The first kappa shape index (κ1) is 8.82. The lowest BCUT2D eigenvalue weighted by atomic mass is 15.0. The molecule has 0 spiro atoms. The van der Waals surface area contributed by atoms with E-state index in [1.165, 1.54) is 0 Å². The first-order valence-corrected chi connectivity index (χ1v) is 0.645. The Kier molecular flexibility index (Phi) is 21.4. The van der Waals surface area contributed by atoms with Crippen molar-refractivity contribution in [2.75, 3.05) is 0 Å². The van der Waals surface area contributed by atoms with Gasteiger partial charge in [-0.05, 0) is 0 Å². The molecule has 4 heavy (non-hydrogen) atoms. The minimum Gasteiger partial charge on any atom is -0.233 e. The molecule has 0 aliphatic heterocycles. The lowest BCUT2D eigenvalue weighted by Crippen LogP contribution is -1.42. The molecule has 0 saturated carbocycles. The average molecular weight is 105 g/mol. The molecule has 0 aliphatic rings. The Bertz CT molecular complexity index is 4.00. The third kappa shape index (κ3) is 22.5. The van der Waals surface area contributed by atoms with Crippen LogP contribution in [0.3, 0.4) is 0 Å². The summed E-state index contributed by atoms with van der Waals surface area (Å²) in [6.07, 6.45) is 0. The molecule has 28 valence electrons. The summed E-state index contributed by atoms with van der Waals surface area (Å²) in [6.45, 7) is 0. The van der Waals surface area contributed by atoms with Crippen LogP contribution in [0.4, 0.5) is 0 Å². The van der Waals surface area contributed by atoms with E-state index in [4.69, 9.17) is 5.26 Å². The number of hydrogen-bond acceptors (Lipinski definition) is 2. The predicted octanol–water partition coefficient (Wildman–Crippen LogP) is 1.05. The first-order chi connectivity index (χ1) is 1.41. The van der Waals surface area contributed by atoms with Crippen molar-refractivity contribution in [2.24, 2.45) is 0 Å². The van der Waals surface area contributed by atoms with E-state index in [9.17, 15) is 0 Å². The molecule has 2 nitrogen and oxygen atoms in total. The Balaban J connectivity index is 0. The third-order valence-corrected chi connectivity index (χ3v) is 0. The first-order valence-electron chi connectivity index (χ1n) is 0.337. The average Bonchev–Trinajstić information content (AvgIpc) is 0.918. The van der Waals surface area contributed by atoms with Gasteiger partial charge in [-0.15, -0.1) is 16.8 Å². The maximum absolute atomic E-state index is 6.83. The van der Waals surface area contributed by atoms with Gasteiger partial charge in [0.05, 0.1) is 11.9 Å². The van der Waals surface area contributed by atoms with Crippen molar-refractivity contribution in [3.05, 3.63) is 0 Å². The molecule has 4 heteroatoms. The molecule has 0 rings (SSSR count). The van der Waals surface area contributed by atoms with Crippen LogP contribution in [-0.4, -0.2) is 5.26 Å². The van der Waals surface area contributed by atoms with Crippen LogP contribution in [0.25, 0.3) is 0 Å². The summed E-state index contributed by atoms with van der Waals surface area (Å²) in [4.78, 5) is 0. The molecular weight excluding hydrogens is 103 g/mol. The second-order valence-corrected chi connectivity index (χ2v) is 0.207. The molecule has 0 aromatic heterocycles. The van der Waals surface area contributed by atoms with Gasteiger partial charge in [0.1, 0.15) is 0 Å². The summed E-state index contributed by atoms with van der Waals surface area (Å²) in [5.41, 5.74) is 0. The highest BCUT2D eigenvalue weighted by Gasteiger charge is 1.33. The fraction of sp³-hybridized carbons (Fsp3) is 0. The zero-order valence-corrected chi connectivity index (χ0v) is 3.21. The van der Waals surface area contributed by atoms with Gasteiger partial charge in [0.15, 0.2) is 0 Å². The minimum absolute atomic E-state index is 0. The normalized spacial score (nSPS) is 4.50. The SMILES string of the molecule is Cl.OOCl. The van der Waals surface area contributed by atoms with Crippen molar-refractivity contribution in [2.45, 2.75) is 0 Å². The van der Waals surface area contributed by atoms with Gasteiger partial charge in [0.25, 0.3) is 0 Å². The fourth-order valence-electron chi connectivity index (χ4n) is 0. The zero-order valence-electron chi connectivity index (χ0n) is 1.64. The van der Waals surface area contributed by atoms with Gasteiger partial charge in [-0.25, -0.2) is 5.26 Å². The molecule has 0 radical (unpaired) electrons. The lowest BCUT2D eigenvalue weighted by molar-refractivity contribution is -0.130. The van der Waals surface area contributed by atoms with Crippen molar-refractivity contribution in [3.63, 3.8) is 0 Å². The molecule has 0 amide bonds. The lowest BCUT2D eigenvalue weighted by Gasteiger charge is -1.52. The van der Waals surface area contributed by atoms with E-state index in [0.717, 1.165) is 0 Å². The topological polar surface area (TPSA) is 29.5 Å². The quantitative estimate of drug-likeness (QED) is 0.368. The van der Waals surface area contributed by atoms with E-state index < -0.39 is 0 Å². The van der Waals surface area contributed by atoms with Gasteiger partial charge in [0.2, 0.25) is 0 Å². The van der Waals surface area contributed by atoms with Crippen molar-refractivity contribution in [1.82, 2.24) is 0 Å². The molecule has 0 aromatic rings. The van der Waals surface area contributed by atoms with Crippen molar-refractivity contribution < 1.29 is 9.70 Å². The Morgan fingerprint density at radius 1 is 1.75 bits per heavy atom. The molecule has 0 unspecified atom stereocenters. The molecule has 0 atom stereocenters. The standard InChI is InChI=1S/ClHO2.ClH/c1-3-2;/h2H;1H. The molecule has 0 aromatic carbocycles. The molecule has 0 aliphatic carbocycles. The van der Waals surface area contributed by atoms with Crippen molar-refractivity contribution >= 4 is 24.3 Å². The van der Waals surface area contributed by atoms with E-state index in [1.807, 2.05) is 0 Å². The van der Waals surface area contributed by atoms with Gasteiger partial charge in [-0.1, -0.05) is 0 Å². The Hall–Kier alpha value is 0.500. The maximum Gasteiger partial charge on any atom is 0.0997 e. The van der Waals surface area contributed by atoms with Gasteiger partial charge in [0, 0.05) is 0 Å². The van der Waals surface area contributed by atoms with Crippen LogP contribution in [0.15, 0.2) is 0 Å². The number of rotatable bonds is 0. The van der Waals surface area contributed by atoms with Crippen LogP contribution >= 0.6 is 24.3 Å². The largest absolute Gasteiger partial charge is 0.233 e. The molecule has 0 bridgehead atoms. The van der Waals surface area contributed by atoms with Crippen LogP contribution < -0.4 is 0 Å². The Morgan fingerprint density at radius 3 is 1.75 bits per heavy atom. The van der Waals surface area contributed by atoms with E-state index in [2.05, 4.69) is 16.3 Å². The summed E-state index contributed by atoms with van der Waals surface area (Å²) in [7, 11) is 0. The third-order valence-electron chi connectivity index (χ3n) is 0. The van der Waals surface area contributed by atoms with Crippen LogP contribution in [0.1, 0.15) is 0 Å². The smallest absolute Gasteiger partial charge is 0.0997 e. The summed E-state index contributed by atoms with van der Waals surface area (Å²) >= 11 is 4.05. The van der Waals surface area contributed by atoms with E-state index in [0.29, 0.717) is 0 Å².